The van der Waals surface area contributed by atoms with Gasteiger partial charge in [0.05, 0.1) is 11.3 Å². The van der Waals surface area contributed by atoms with Crippen LogP contribution in [0.15, 0.2) is 11.1 Å². The van der Waals surface area contributed by atoms with Gasteiger partial charge < -0.3 is 26.9 Å². The Morgan fingerprint density at radius 3 is 2.61 bits per heavy atom. The first-order valence-electron chi connectivity index (χ1n) is 14.5. The van der Waals surface area contributed by atoms with Crippen molar-refractivity contribution in [1.82, 2.24) is 10.6 Å². The molecule has 1 aromatic rings. The van der Waals surface area contributed by atoms with Crippen molar-refractivity contribution >= 4 is 17.6 Å². The van der Waals surface area contributed by atoms with Crippen LogP contribution in [0, 0.1) is 58.7 Å². The Morgan fingerprint density at radius 2 is 1.89 bits per heavy atom. The van der Waals surface area contributed by atoms with Crippen LogP contribution >= 0.6 is 0 Å². The predicted molar refractivity (Wildman–Crippen MR) is 141 cm³/mol. The summed E-state index contributed by atoms with van der Waals surface area (Å²) in [6.45, 7) is 2.97. The van der Waals surface area contributed by atoms with Crippen LogP contribution < -0.4 is 16.4 Å². The smallest absolute Gasteiger partial charge is 0.129 e. The molecule has 10 atom stereocenters. The quantitative estimate of drug-likeness (QED) is 0.324. The minimum atomic E-state index is -0.310. The van der Waals surface area contributed by atoms with Crippen LogP contribution in [0.5, 0.6) is 5.75 Å². The number of nitrogens with two attached hydrogens (primary N) is 1. The van der Waals surface area contributed by atoms with Crippen molar-refractivity contribution in [1.29, 1.82) is 5.41 Å². The number of fused-ring (bicyclic) bond motifs is 3. The van der Waals surface area contributed by atoms with Gasteiger partial charge in [0, 0.05) is 52.6 Å². The third-order valence-electron chi connectivity index (χ3n) is 13.7. The minimum Gasteiger partial charge on any atom is -0.507 e. The number of hydrogen-bond donors (Lipinski definition) is 5. The van der Waals surface area contributed by atoms with E-state index in [-0.39, 0.29) is 16.7 Å². The highest BCUT2D eigenvalue weighted by Crippen LogP contribution is 3.02. The molecule has 1 aliphatic heterocycles. The molecule has 1 aromatic carbocycles. The number of phenolic OH excluding ortho intramolecular Hbond substituents is 1. The predicted octanol–water partition coefficient (Wildman–Crippen LogP) is 3.62. The van der Waals surface area contributed by atoms with Crippen LogP contribution in [0.4, 0.5) is 5.69 Å². The summed E-state index contributed by atoms with van der Waals surface area (Å²) in [6.07, 6.45) is 12.2. The number of phenols is 1. The fraction of sp³-hybridized carbons (Fsp3) is 0.733. The van der Waals surface area contributed by atoms with E-state index in [1.54, 1.807) is 13.3 Å². The first-order chi connectivity index (χ1) is 17.4. The van der Waals surface area contributed by atoms with Crippen LogP contribution in [0.3, 0.4) is 0 Å². The van der Waals surface area contributed by atoms with Gasteiger partial charge in [-0.15, -0.1) is 0 Å². The molecule has 6 nitrogen and oxygen atoms in total. The second kappa shape index (κ2) is 6.04. The maximum Gasteiger partial charge on any atom is 0.129 e. The summed E-state index contributed by atoms with van der Waals surface area (Å²) in [5.74, 6) is 4.90. The zero-order valence-corrected chi connectivity index (χ0v) is 21.5. The lowest BCUT2D eigenvalue weighted by atomic mass is 9.12. The van der Waals surface area contributed by atoms with Gasteiger partial charge in [-0.3, -0.25) is 4.99 Å². The Kier molecular flexibility index (Phi) is 3.53. The Morgan fingerprint density at radius 1 is 1.17 bits per heavy atom. The van der Waals surface area contributed by atoms with Crippen LogP contribution in [-0.4, -0.2) is 47.7 Å². The lowest BCUT2D eigenvalue weighted by molar-refractivity contribution is -0.439. The Balaban J connectivity index is 1.22. The van der Waals surface area contributed by atoms with Crippen LogP contribution in [0.1, 0.15) is 68.1 Å². The number of benzene rings is 1. The molecule has 9 rings (SSSR count). The molecule has 2 bridgehead atoms. The van der Waals surface area contributed by atoms with Crippen molar-refractivity contribution in [2.45, 2.75) is 75.4 Å². The van der Waals surface area contributed by atoms with Crippen molar-refractivity contribution in [3.05, 3.63) is 22.8 Å². The Bertz CT molecular complexity index is 1280. The summed E-state index contributed by atoms with van der Waals surface area (Å²) in [7, 11) is 1.76. The van der Waals surface area contributed by atoms with Crippen LogP contribution in [0.25, 0.3) is 0 Å². The SMILES string of the molecule is CN=Cc1cc(C(=N)C2(NC3CCNC4(CC4)C3)C3CC4CC5C6CC7CC3C76C452)c(O)c(C)c1N. The molecule has 6 N–H and O–H groups in total. The maximum absolute atomic E-state index is 11.5. The van der Waals surface area contributed by atoms with Crippen molar-refractivity contribution in [2.24, 2.45) is 51.3 Å². The van der Waals surface area contributed by atoms with Gasteiger partial charge in [0.25, 0.3) is 0 Å². The van der Waals surface area contributed by atoms with E-state index in [2.05, 4.69) is 15.6 Å². The number of nitrogens with one attached hydrogen (secondary N) is 3. The van der Waals surface area contributed by atoms with E-state index >= 15 is 0 Å². The average Bonchev–Trinajstić information content (AvgIpc) is 3.49. The van der Waals surface area contributed by atoms with Gasteiger partial charge in [-0.1, -0.05) is 0 Å². The Labute approximate surface area is 213 Å². The van der Waals surface area contributed by atoms with Gasteiger partial charge in [-0.25, -0.2) is 0 Å². The molecule has 1 heterocycles. The molecular weight excluding hydrogens is 446 g/mol. The first-order valence-corrected chi connectivity index (χ1v) is 14.5. The number of piperidine rings is 1. The molecule has 0 aromatic heterocycles. The summed E-state index contributed by atoms with van der Waals surface area (Å²) in [5.41, 5.74) is 10.6. The van der Waals surface area contributed by atoms with E-state index in [1.807, 2.05) is 13.0 Å². The molecule has 0 radical (unpaired) electrons. The lowest BCUT2D eigenvalue weighted by Gasteiger charge is -2.91. The molecule has 1 saturated heterocycles. The molecule has 190 valence electrons. The van der Waals surface area contributed by atoms with E-state index in [9.17, 15) is 10.5 Å². The maximum atomic E-state index is 11.5. The largest absolute Gasteiger partial charge is 0.507 e. The molecule has 36 heavy (non-hydrogen) atoms. The summed E-state index contributed by atoms with van der Waals surface area (Å²) >= 11 is 0. The van der Waals surface area contributed by atoms with Gasteiger partial charge in [-0.05, 0) is 112 Å². The topological polar surface area (TPSA) is 107 Å². The molecule has 8 aliphatic rings. The zero-order chi connectivity index (χ0) is 24.4. The normalized spacial score (nSPS) is 51.1. The van der Waals surface area contributed by atoms with E-state index < -0.39 is 0 Å². The number of rotatable bonds is 5. The fourth-order valence-electron chi connectivity index (χ4n) is 12.7. The summed E-state index contributed by atoms with van der Waals surface area (Å²) in [5, 5.41) is 29.7. The average molecular weight is 486 g/mol. The molecule has 8 fully saturated rings. The Hall–Kier alpha value is -1.92. The molecule has 7 aliphatic carbocycles. The first kappa shape index (κ1) is 21.1. The third-order valence-corrected chi connectivity index (χ3v) is 13.7. The number of aliphatic imine (C=N–C) groups is 1. The summed E-state index contributed by atoms with van der Waals surface area (Å²) in [6, 6.07) is 2.42. The fourth-order valence-corrected chi connectivity index (χ4v) is 12.7. The highest BCUT2D eigenvalue weighted by molar-refractivity contribution is 6.11. The van der Waals surface area contributed by atoms with Crippen molar-refractivity contribution in [2.75, 3.05) is 19.3 Å². The number of nitrogen functional groups attached to an aromatic ring is 1. The second-order valence-corrected chi connectivity index (χ2v) is 14.1. The second-order valence-electron chi connectivity index (χ2n) is 14.1. The standard InChI is InChI=1S/C30H39N5O/c1-14-24(31)15(13-33-2)7-19(25(14)36)26(32)30(35-18-3-6-34-27(12-18)4-5-27)23-11-17-10-22-20-8-16-9-21(23)28(16,20)29(17,22)30/h7,13,16-18,20-23,32,34-36H,3-6,8-12,31H2,1-2H3. The van der Waals surface area contributed by atoms with Crippen molar-refractivity contribution in [3.8, 4) is 5.75 Å². The van der Waals surface area contributed by atoms with Gasteiger partial charge in [0.2, 0.25) is 0 Å². The molecule has 7 saturated carbocycles. The van der Waals surface area contributed by atoms with Gasteiger partial charge in [0.1, 0.15) is 5.75 Å². The number of hydrogen-bond acceptors (Lipinski definition) is 6. The molecule has 3 spiro atoms. The van der Waals surface area contributed by atoms with E-state index in [0.29, 0.717) is 45.4 Å². The lowest BCUT2D eigenvalue weighted by Crippen LogP contribution is -2.90. The van der Waals surface area contributed by atoms with Crippen molar-refractivity contribution < 1.29 is 5.11 Å². The van der Waals surface area contributed by atoms with Gasteiger partial charge in [-0.2, -0.15) is 0 Å². The highest BCUT2D eigenvalue weighted by Gasteiger charge is 3.02. The van der Waals surface area contributed by atoms with E-state index in [1.165, 1.54) is 44.9 Å². The van der Waals surface area contributed by atoms with Crippen LogP contribution in [0.2, 0.25) is 0 Å². The minimum absolute atomic E-state index is 0.207. The number of nitrogens with zero attached hydrogens (tertiary/aromatic N) is 1. The summed E-state index contributed by atoms with van der Waals surface area (Å²) in [4.78, 5) is 4.24. The third kappa shape index (κ3) is 1.80. The monoisotopic (exact) mass is 485 g/mol. The van der Waals surface area contributed by atoms with Gasteiger partial charge >= 0.3 is 0 Å². The number of anilines is 1. The highest BCUT2D eigenvalue weighted by atomic mass is 16.3. The molecular formula is C30H39N5O. The van der Waals surface area contributed by atoms with Crippen LogP contribution in [-0.2, 0) is 0 Å². The van der Waals surface area contributed by atoms with Gasteiger partial charge in [0.15, 0.2) is 0 Å². The molecule has 10 unspecified atom stereocenters. The summed E-state index contributed by atoms with van der Waals surface area (Å²) < 4.78 is 0. The van der Waals surface area contributed by atoms with E-state index in [0.717, 1.165) is 48.1 Å². The molecule has 0 amide bonds. The van der Waals surface area contributed by atoms with E-state index in [4.69, 9.17) is 5.73 Å². The zero-order valence-electron chi connectivity index (χ0n) is 21.5. The number of aromatic hydroxyl groups is 1. The van der Waals surface area contributed by atoms with Crippen molar-refractivity contribution in [3.63, 3.8) is 0 Å². The molecule has 6 heteroatoms.